The van der Waals surface area contributed by atoms with Gasteiger partial charge < -0.3 is 10.2 Å². The van der Waals surface area contributed by atoms with Crippen LogP contribution in [0.2, 0.25) is 0 Å². The molecule has 0 unspecified atom stereocenters. The topological polar surface area (TPSA) is 62.5 Å². The zero-order valence-corrected chi connectivity index (χ0v) is 11.0. The highest BCUT2D eigenvalue weighted by Gasteiger charge is 2.17. The van der Waals surface area contributed by atoms with E-state index in [0.29, 0.717) is 24.6 Å². The Balaban J connectivity index is 1.55. The first kappa shape index (κ1) is 12.8. The SMILES string of the molecule is O=C(CCNc1nc2ccc(F)cn2n1)N1CCCC1. The summed E-state index contributed by atoms with van der Waals surface area (Å²) < 4.78 is 14.4. The molecule has 1 aliphatic rings. The van der Waals surface area contributed by atoms with Crippen molar-refractivity contribution in [1.29, 1.82) is 0 Å². The van der Waals surface area contributed by atoms with Crippen LogP contribution in [0.1, 0.15) is 19.3 Å². The lowest BCUT2D eigenvalue weighted by Crippen LogP contribution is -2.29. The van der Waals surface area contributed by atoms with Crippen molar-refractivity contribution in [2.24, 2.45) is 0 Å². The second-order valence-electron chi connectivity index (χ2n) is 4.85. The summed E-state index contributed by atoms with van der Waals surface area (Å²) in [5.74, 6) is 0.202. The van der Waals surface area contributed by atoms with Gasteiger partial charge in [0.05, 0.1) is 6.20 Å². The molecule has 2 aromatic heterocycles. The van der Waals surface area contributed by atoms with Gasteiger partial charge in [0, 0.05) is 26.1 Å². The highest BCUT2D eigenvalue weighted by molar-refractivity contribution is 5.76. The molecule has 0 aromatic carbocycles. The summed E-state index contributed by atoms with van der Waals surface area (Å²) >= 11 is 0. The number of fused-ring (bicyclic) bond motifs is 1. The number of nitrogens with zero attached hydrogens (tertiary/aromatic N) is 4. The first-order valence-corrected chi connectivity index (χ1v) is 6.76. The minimum absolute atomic E-state index is 0.157. The molecule has 0 saturated carbocycles. The lowest BCUT2D eigenvalue weighted by Gasteiger charge is -2.14. The summed E-state index contributed by atoms with van der Waals surface area (Å²) in [6.45, 7) is 2.21. The van der Waals surface area contributed by atoms with Gasteiger partial charge in [-0.1, -0.05) is 0 Å². The van der Waals surface area contributed by atoms with Crippen LogP contribution in [-0.4, -0.2) is 45.0 Å². The van der Waals surface area contributed by atoms with Crippen LogP contribution in [-0.2, 0) is 4.79 Å². The fourth-order valence-electron chi connectivity index (χ4n) is 2.34. The zero-order valence-electron chi connectivity index (χ0n) is 11.0. The Morgan fingerprint density at radius 3 is 2.95 bits per heavy atom. The van der Waals surface area contributed by atoms with Crippen LogP contribution < -0.4 is 5.32 Å². The van der Waals surface area contributed by atoms with Gasteiger partial charge in [0.25, 0.3) is 0 Å². The number of rotatable bonds is 4. The summed E-state index contributed by atoms with van der Waals surface area (Å²) in [7, 11) is 0. The first-order valence-electron chi connectivity index (χ1n) is 6.76. The fourth-order valence-corrected chi connectivity index (χ4v) is 2.34. The molecule has 0 spiro atoms. The number of halogens is 1. The van der Waals surface area contributed by atoms with E-state index in [0.717, 1.165) is 25.9 Å². The Hall–Kier alpha value is -2.18. The lowest BCUT2D eigenvalue weighted by atomic mass is 10.3. The Bertz CT molecular complexity index is 620. The lowest BCUT2D eigenvalue weighted by molar-refractivity contribution is -0.129. The van der Waals surface area contributed by atoms with Crippen molar-refractivity contribution in [3.05, 3.63) is 24.1 Å². The molecule has 1 aliphatic heterocycles. The second-order valence-corrected chi connectivity index (χ2v) is 4.85. The third kappa shape index (κ3) is 2.71. The molecule has 0 radical (unpaired) electrons. The standard InChI is InChI=1S/C13H16FN5O/c14-10-3-4-11-16-13(17-19(11)9-10)15-6-5-12(20)18-7-1-2-8-18/h3-4,9H,1-2,5-8H2,(H,15,17). The van der Waals surface area contributed by atoms with E-state index in [1.165, 1.54) is 16.8 Å². The predicted octanol–water partition coefficient (Wildman–Crippen LogP) is 1.29. The van der Waals surface area contributed by atoms with Crippen molar-refractivity contribution in [2.75, 3.05) is 25.0 Å². The van der Waals surface area contributed by atoms with Gasteiger partial charge in [-0.05, 0) is 25.0 Å². The van der Waals surface area contributed by atoms with Gasteiger partial charge >= 0.3 is 0 Å². The number of aromatic nitrogens is 3. The number of amides is 1. The van der Waals surface area contributed by atoms with Gasteiger partial charge in [-0.15, -0.1) is 5.10 Å². The summed E-state index contributed by atoms with van der Waals surface area (Å²) in [5.41, 5.74) is 0.569. The maximum absolute atomic E-state index is 13.0. The molecule has 1 saturated heterocycles. The molecular weight excluding hydrogens is 261 g/mol. The average molecular weight is 277 g/mol. The molecule has 1 amide bonds. The van der Waals surface area contributed by atoms with Crippen LogP contribution in [0.4, 0.5) is 10.3 Å². The predicted molar refractivity (Wildman–Crippen MR) is 71.9 cm³/mol. The first-order chi connectivity index (χ1) is 9.72. The maximum Gasteiger partial charge on any atom is 0.243 e. The number of carbonyl (C=O) groups is 1. The Morgan fingerprint density at radius 2 is 2.15 bits per heavy atom. The molecule has 0 aliphatic carbocycles. The molecule has 106 valence electrons. The van der Waals surface area contributed by atoms with E-state index in [1.807, 2.05) is 4.90 Å². The molecule has 0 atom stereocenters. The summed E-state index contributed by atoms with van der Waals surface area (Å²) in [6, 6.07) is 2.90. The summed E-state index contributed by atoms with van der Waals surface area (Å²) in [4.78, 5) is 17.9. The molecule has 20 heavy (non-hydrogen) atoms. The van der Waals surface area contributed by atoms with Crippen LogP contribution in [0.3, 0.4) is 0 Å². The Morgan fingerprint density at radius 1 is 1.35 bits per heavy atom. The molecule has 6 nitrogen and oxygen atoms in total. The molecule has 3 rings (SSSR count). The molecule has 7 heteroatoms. The normalized spacial score (nSPS) is 14.9. The Kier molecular flexibility index (Phi) is 3.49. The quantitative estimate of drug-likeness (QED) is 0.915. The number of anilines is 1. The van der Waals surface area contributed by atoms with Crippen LogP contribution in [0.25, 0.3) is 5.65 Å². The van der Waals surface area contributed by atoms with E-state index >= 15 is 0 Å². The third-order valence-corrected chi connectivity index (χ3v) is 3.38. The van der Waals surface area contributed by atoms with E-state index in [9.17, 15) is 9.18 Å². The molecule has 1 N–H and O–H groups in total. The highest BCUT2D eigenvalue weighted by Crippen LogP contribution is 2.10. The minimum atomic E-state index is -0.363. The zero-order chi connectivity index (χ0) is 13.9. The van der Waals surface area contributed by atoms with Crippen LogP contribution in [0, 0.1) is 5.82 Å². The number of carbonyl (C=O) groups excluding carboxylic acids is 1. The van der Waals surface area contributed by atoms with Crippen LogP contribution in [0.15, 0.2) is 18.3 Å². The molecule has 1 fully saturated rings. The number of likely N-dealkylation sites (tertiary alicyclic amines) is 1. The van der Waals surface area contributed by atoms with Crippen molar-refractivity contribution in [1.82, 2.24) is 19.5 Å². The Labute approximate surface area is 115 Å². The van der Waals surface area contributed by atoms with Gasteiger partial charge in [0.15, 0.2) is 5.65 Å². The molecule has 2 aromatic rings. The maximum atomic E-state index is 13.0. The largest absolute Gasteiger partial charge is 0.352 e. The van der Waals surface area contributed by atoms with E-state index in [2.05, 4.69) is 15.4 Å². The fraction of sp³-hybridized carbons (Fsp3) is 0.462. The molecule has 0 bridgehead atoms. The van der Waals surface area contributed by atoms with Gasteiger partial charge in [-0.2, -0.15) is 4.98 Å². The number of pyridine rings is 1. The van der Waals surface area contributed by atoms with Gasteiger partial charge in [-0.3, -0.25) is 4.79 Å². The van der Waals surface area contributed by atoms with E-state index in [1.54, 1.807) is 6.07 Å². The van der Waals surface area contributed by atoms with Crippen LogP contribution in [0.5, 0.6) is 0 Å². The monoisotopic (exact) mass is 277 g/mol. The molecule has 3 heterocycles. The smallest absolute Gasteiger partial charge is 0.243 e. The minimum Gasteiger partial charge on any atom is -0.352 e. The number of hydrogen-bond acceptors (Lipinski definition) is 4. The van der Waals surface area contributed by atoms with E-state index in [-0.39, 0.29) is 11.7 Å². The highest BCUT2D eigenvalue weighted by atomic mass is 19.1. The van der Waals surface area contributed by atoms with Gasteiger partial charge in [0.2, 0.25) is 11.9 Å². The van der Waals surface area contributed by atoms with Crippen LogP contribution >= 0.6 is 0 Å². The van der Waals surface area contributed by atoms with E-state index in [4.69, 9.17) is 0 Å². The van der Waals surface area contributed by atoms with Gasteiger partial charge in [0.1, 0.15) is 5.82 Å². The van der Waals surface area contributed by atoms with Crippen molar-refractivity contribution < 1.29 is 9.18 Å². The van der Waals surface area contributed by atoms with Gasteiger partial charge in [-0.25, -0.2) is 8.91 Å². The van der Waals surface area contributed by atoms with Crippen molar-refractivity contribution in [2.45, 2.75) is 19.3 Å². The average Bonchev–Trinajstić information content (AvgIpc) is 3.06. The third-order valence-electron chi connectivity index (χ3n) is 3.38. The van der Waals surface area contributed by atoms with Crippen molar-refractivity contribution >= 4 is 17.5 Å². The van der Waals surface area contributed by atoms with Crippen molar-refractivity contribution in [3.63, 3.8) is 0 Å². The molecular formula is C13H16FN5O. The number of nitrogens with one attached hydrogen (secondary N) is 1. The summed E-state index contributed by atoms with van der Waals surface area (Å²) in [6.07, 6.45) is 3.88. The summed E-state index contributed by atoms with van der Waals surface area (Å²) in [5, 5.41) is 7.09. The second kappa shape index (κ2) is 5.44. The van der Waals surface area contributed by atoms with Crippen molar-refractivity contribution in [3.8, 4) is 0 Å². The van der Waals surface area contributed by atoms with E-state index < -0.39 is 0 Å². The number of hydrogen-bond donors (Lipinski definition) is 1.